The summed E-state index contributed by atoms with van der Waals surface area (Å²) in [5, 5.41) is 18.4. The molecule has 0 aliphatic rings. The van der Waals surface area contributed by atoms with Gasteiger partial charge in [0.25, 0.3) is 0 Å². The van der Waals surface area contributed by atoms with Gasteiger partial charge in [0, 0.05) is 23.8 Å². The number of aliphatic hydroxyl groups is 1. The normalized spacial score (nSPS) is 12.7. The first-order valence-corrected chi connectivity index (χ1v) is 8.91. The summed E-state index contributed by atoms with van der Waals surface area (Å²) in [4.78, 5) is 16.4. The number of carbonyl (C=O) groups is 1. The van der Waals surface area contributed by atoms with Crippen LogP contribution in [0.5, 0.6) is 0 Å². The number of thiazole rings is 1. The third-order valence-electron chi connectivity index (χ3n) is 3.44. The predicted octanol–water partition coefficient (Wildman–Crippen LogP) is 2.84. The van der Waals surface area contributed by atoms with Gasteiger partial charge >= 0.3 is 6.03 Å². The average molecular weight is 347 g/mol. The van der Waals surface area contributed by atoms with Gasteiger partial charge in [0.2, 0.25) is 0 Å². The van der Waals surface area contributed by atoms with E-state index >= 15 is 0 Å². The Balaban J connectivity index is 1.70. The van der Waals surface area contributed by atoms with Crippen molar-refractivity contribution in [1.82, 2.24) is 15.6 Å². The second-order valence-electron chi connectivity index (χ2n) is 6.80. The summed E-state index contributed by atoms with van der Waals surface area (Å²) in [5.41, 5.74) is 1.92. The van der Waals surface area contributed by atoms with E-state index in [0.29, 0.717) is 13.0 Å². The van der Waals surface area contributed by atoms with E-state index in [1.54, 1.807) is 11.3 Å². The fourth-order valence-electron chi connectivity index (χ4n) is 2.13. The summed E-state index contributed by atoms with van der Waals surface area (Å²) in [5.74, 6) is 0. The number of carbonyl (C=O) groups excluding carboxylic acids is 1. The van der Waals surface area contributed by atoms with Gasteiger partial charge in [-0.15, -0.1) is 11.3 Å². The number of amides is 2. The molecular weight excluding hydrogens is 322 g/mol. The summed E-state index contributed by atoms with van der Waals surface area (Å²) in [7, 11) is 0. The molecule has 3 N–H and O–H groups in total. The number of aromatic nitrogens is 1. The molecule has 1 unspecified atom stereocenters. The Morgan fingerprint density at radius 3 is 2.58 bits per heavy atom. The Morgan fingerprint density at radius 2 is 1.96 bits per heavy atom. The quantitative estimate of drug-likeness (QED) is 0.752. The standard InChI is InChI=1S/C18H25N3O2S/c1-18(2,3)16-21-14(12-24-16)10-19-17(23)20-11-15(22)9-13-7-5-4-6-8-13/h4-8,12,15,22H,9-11H2,1-3H3,(H2,19,20,23). The van der Waals surface area contributed by atoms with Crippen LogP contribution in [0.15, 0.2) is 35.7 Å². The molecule has 0 radical (unpaired) electrons. The van der Waals surface area contributed by atoms with Crippen molar-refractivity contribution in [3.05, 3.63) is 52.0 Å². The van der Waals surface area contributed by atoms with Crippen LogP contribution in [0, 0.1) is 0 Å². The van der Waals surface area contributed by atoms with Crippen molar-refractivity contribution in [3.63, 3.8) is 0 Å². The van der Waals surface area contributed by atoms with Crippen molar-refractivity contribution in [1.29, 1.82) is 0 Å². The number of hydrogen-bond donors (Lipinski definition) is 3. The number of urea groups is 1. The Bertz CT molecular complexity index is 650. The van der Waals surface area contributed by atoms with Crippen molar-refractivity contribution >= 4 is 17.4 Å². The lowest BCUT2D eigenvalue weighted by molar-refractivity contribution is 0.170. The topological polar surface area (TPSA) is 74.2 Å². The molecule has 0 spiro atoms. The predicted molar refractivity (Wildman–Crippen MR) is 97.2 cm³/mol. The molecule has 5 nitrogen and oxygen atoms in total. The van der Waals surface area contributed by atoms with Crippen LogP contribution >= 0.6 is 11.3 Å². The monoisotopic (exact) mass is 347 g/mol. The van der Waals surface area contributed by atoms with Crippen molar-refractivity contribution in [2.75, 3.05) is 6.54 Å². The van der Waals surface area contributed by atoms with Crippen molar-refractivity contribution in [2.45, 2.75) is 45.3 Å². The van der Waals surface area contributed by atoms with Crippen molar-refractivity contribution in [2.24, 2.45) is 0 Å². The highest BCUT2D eigenvalue weighted by Gasteiger charge is 2.18. The SMILES string of the molecule is CC(C)(C)c1nc(CNC(=O)NCC(O)Cc2ccccc2)cs1. The third kappa shape index (κ3) is 5.94. The van der Waals surface area contributed by atoms with Gasteiger partial charge in [-0.25, -0.2) is 9.78 Å². The number of nitrogens with one attached hydrogen (secondary N) is 2. The summed E-state index contributed by atoms with van der Waals surface area (Å²) < 4.78 is 0. The number of benzene rings is 1. The van der Waals surface area contributed by atoms with Gasteiger partial charge in [-0.3, -0.25) is 0 Å². The average Bonchev–Trinajstić information content (AvgIpc) is 3.01. The molecule has 1 aromatic carbocycles. The van der Waals surface area contributed by atoms with Crippen LogP contribution in [-0.4, -0.2) is 28.8 Å². The maximum atomic E-state index is 11.8. The van der Waals surface area contributed by atoms with E-state index in [1.807, 2.05) is 35.7 Å². The van der Waals surface area contributed by atoms with Crippen LogP contribution in [0.25, 0.3) is 0 Å². The fraction of sp³-hybridized carbons (Fsp3) is 0.444. The Morgan fingerprint density at radius 1 is 1.25 bits per heavy atom. The zero-order valence-corrected chi connectivity index (χ0v) is 15.2. The maximum Gasteiger partial charge on any atom is 0.315 e. The van der Waals surface area contributed by atoms with Gasteiger partial charge in [0.05, 0.1) is 23.4 Å². The molecular formula is C18H25N3O2S. The van der Waals surface area contributed by atoms with Crippen LogP contribution < -0.4 is 10.6 Å². The minimum Gasteiger partial charge on any atom is -0.391 e. The van der Waals surface area contributed by atoms with E-state index in [1.165, 1.54) is 0 Å². The molecule has 1 atom stereocenters. The zero-order valence-electron chi connectivity index (χ0n) is 14.4. The molecule has 0 saturated carbocycles. The highest BCUT2D eigenvalue weighted by atomic mass is 32.1. The van der Waals surface area contributed by atoms with E-state index in [2.05, 4.69) is 36.4 Å². The molecule has 2 aromatic rings. The first kappa shape index (κ1) is 18.4. The molecule has 6 heteroatoms. The Labute approximate surface area is 147 Å². The molecule has 130 valence electrons. The van der Waals surface area contributed by atoms with Gasteiger partial charge < -0.3 is 15.7 Å². The van der Waals surface area contributed by atoms with Crippen molar-refractivity contribution < 1.29 is 9.90 Å². The summed E-state index contributed by atoms with van der Waals surface area (Å²) in [6.45, 7) is 6.94. The highest BCUT2D eigenvalue weighted by molar-refractivity contribution is 7.09. The van der Waals surface area contributed by atoms with Crippen LogP contribution in [0.2, 0.25) is 0 Å². The van der Waals surface area contributed by atoms with Gasteiger partial charge in [-0.05, 0) is 5.56 Å². The summed E-state index contributed by atoms with van der Waals surface area (Å²) in [6, 6.07) is 9.42. The third-order valence-corrected chi connectivity index (χ3v) is 4.75. The van der Waals surface area contributed by atoms with Crippen LogP contribution in [0.3, 0.4) is 0 Å². The number of hydrogen-bond acceptors (Lipinski definition) is 4. The minimum absolute atomic E-state index is 0.0206. The molecule has 2 rings (SSSR count). The molecule has 0 bridgehead atoms. The van der Waals surface area contributed by atoms with E-state index in [4.69, 9.17) is 0 Å². The van der Waals surface area contributed by atoms with E-state index in [0.717, 1.165) is 16.3 Å². The van der Waals surface area contributed by atoms with Crippen LogP contribution in [-0.2, 0) is 18.4 Å². The smallest absolute Gasteiger partial charge is 0.315 e. The lowest BCUT2D eigenvalue weighted by Gasteiger charge is -2.14. The summed E-state index contributed by atoms with van der Waals surface area (Å²) in [6.07, 6.45) is -0.0905. The summed E-state index contributed by atoms with van der Waals surface area (Å²) >= 11 is 1.60. The first-order chi connectivity index (χ1) is 11.3. The molecule has 2 amide bonds. The van der Waals surface area contributed by atoms with E-state index in [9.17, 15) is 9.90 Å². The number of aliphatic hydroxyl groups excluding tert-OH is 1. The van der Waals surface area contributed by atoms with Gasteiger partial charge in [-0.1, -0.05) is 51.1 Å². The maximum absolute atomic E-state index is 11.8. The second kappa shape index (κ2) is 8.26. The zero-order chi connectivity index (χ0) is 17.6. The number of nitrogens with zero attached hydrogens (tertiary/aromatic N) is 1. The molecule has 0 aliphatic carbocycles. The largest absolute Gasteiger partial charge is 0.391 e. The van der Waals surface area contributed by atoms with Gasteiger partial charge in [0.1, 0.15) is 0 Å². The van der Waals surface area contributed by atoms with Crippen LogP contribution in [0.4, 0.5) is 4.79 Å². The van der Waals surface area contributed by atoms with Crippen molar-refractivity contribution in [3.8, 4) is 0 Å². The molecule has 1 aromatic heterocycles. The molecule has 0 aliphatic heterocycles. The van der Waals surface area contributed by atoms with E-state index in [-0.39, 0.29) is 18.0 Å². The lowest BCUT2D eigenvalue weighted by atomic mass is 9.98. The minimum atomic E-state index is -0.607. The molecule has 24 heavy (non-hydrogen) atoms. The Kier molecular flexibility index (Phi) is 6.34. The Hall–Kier alpha value is -1.92. The van der Waals surface area contributed by atoms with Gasteiger partial charge in [-0.2, -0.15) is 0 Å². The van der Waals surface area contributed by atoms with E-state index < -0.39 is 6.10 Å². The highest BCUT2D eigenvalue weighted by Crippen LogP contribution is 2.25. The molecule has 0 fully saturated rings. The molecule has 0 saturated heterocycles. The fourth-order valence-corrected chi connectivity index (χ4v) is 3.04. The van der Waals surface area contributed by atoms with Gasteiger partial charge in [0.15, 0.2) is 0 Å². The second-order valence-corrected chi connectivity index (χ2v) is 7.66. The lowest BCUT2D eigenvalue weighted by Crippen LogP contribution is -2.40. The molecule has 1 heterocycles. The van der Waals surface area contributed by atoms with Crippen LogP contribution in [0.1, 0.15) is 37.0 Å². The number of rotatable bonds is 6. The first-order valence-electron chi connectivity index (χ1n) is 8.03.